The molecule has 0 radical (unpaired) electrons. The van der Waals surface area contributed by atoms with Crippen molar-refractivity contribution in [1.82, 2.24) is 13.5 Å². The van der Waals surface area contributed by atoms with Crippen molar-refractivity contribution in [3.05, 3.63) is 84.1 Å². The molecule has 16 nitrogen and oxygen atoms in total. The molecular weight excluding hydrogens is 939 g/mol. The van der Waals surface area contributed by atoms with Crippen molar-refractivity contribution in [2.45, 2.75) is 101 Å². The molecule has 0 aromatic heterocycles. The minimum atomic E-state index is -3.95. The van der Waals surface area contributed by atoms with Gasteiger partial charge in [-0.15, -0.1) is 11.8 Å². The summed E-state index contributed by atoms with van der Waals surface area (Å²) in [6.07, 6.45) is 9.13. The maximum atomic E-state index is 14.0. The summed E-state index contributed by atoms with van der Waals surface area (Å²) in [5.74, 6) is 0.00600. The summed E-state index contributed by atoms with van der Waals surface area (Å²) in [4.78, 5) is 32.4. The first-order valence-electron chi connectivity index (χ1n) is 24.5. The Labute approximate surface area is 417 Å². The molecule has 0 aliphatic carbocycles. The molecule has 4 aliphatic rings. The topological polar surface area (TPSA) is 209 Å². The van der Waals surface area contributed by atoms with Gasteiger partial charge >= 0.3 is 0 Å². The van der Waals surface area contributed by atoms with E-state index in [2.05, 4.69) is 34.3 Å². The molecule has 6 rings (SSSR count). The molecule has 386 valence electrons. The van der Waals surface area contributed by atoms with Crippen LogP contribution in [0.15, 0.2) is 83.4 Å². The number of unbranched alkanes of at least 4 members (excludes halogenated alkanes) is 1. The fourth-order valence-corrected chi connectivity index (χ4v) is 13.9. The van der Waals surface area contributed by atoms with Crippen LogP contribution in [0.25, 0.3) is 0 Å². The quantitative estimate of drug-likeness (QED) is 0.0938. The van der Waals surface area contributed by atoms with Gasteiger partial charge in [-0.3, -0.25) is 9.59 Å². The number of nitrogens with two attached hydrogens (primary N) is 2. The smallest absolute Gasteiger partial charge is 0.240 e. The number of piperidine rings is 1. The first-order chi connectivity index (χ1) is 33.0. The summed E-state index contributed by atoms with van der Waals surface area (Å²) in [7, 11) is -7.80. The van der Waals surface area contributed by atoms with E-state index in [1.165, 1.54) is 8.61 Å². The highest BCUT2D eigenvalue weighted by atomic mass is 32.2. The molecule has 4 heterocycles. The number of thioether (sulfide) groups is 1. The lowest BCUT2D eigenvalue weighted by Gasteiger charge is -2.42. The number of aryl methyl sites for hydroxylation is 1. The van der Waals surface area contributed by atoms with E-state index in [4.69, 9.17) is 26.0 Å². The number of carbonyl (C=O) groups excluding carboxylic acids is 2. The summed E-state index contributed by atoms with van der Waals surface area (Å²) in [5.41, 5.74) is 16.5. The molecule has 5 N–H and O–H groups in total. The lowest BCUT2D eigenvalue weighted by Crippen LogP contribution is -2.61. The lowest BCUT2D eigenvalue weighted by atomic mass is 9.94. The van der Waals surface area contributed by atoms with Gasteiger partial charge in [-0.25, -0.2) is 16.8 Å². The van der Waals surface area contributed by atoms with Crippen molar-refractivity contribution < 1.29 is 41.0 Å². The van der Waals surface area contributed by atoms with Crippen molar-refractivity contribution in [3.8, 4) is 5.75 Å². The molecule has 0 atom stereocenters. The Hall–Kier alpha value is -4.11. The summed E-state index contributed by atoms with van der Waals surface area (Å²) in [5, 5.41) is 8.90. The highest BCUT2D eigenvalue weighted by Gasteiger charge is 2.55. The number of amides is 2. The average molecular weight is 1020 g/mol. The molecule has 2 aromatic rings. The van der Waals surface area contributed by atoms with Crippen LogP contribution in [0.1, 0.15) is 85.1 Å². The van der Waals surface area contributed by atoms with Gasteiger partial charge in [0.05, 0.1) is 13.2 Å². The second kappa shape index (κ2) is 26.9. The highest BCUT2D eigenvalue weighted by Crippen LogP contribution is 2.37. The number of sulfonamides is 2. The zero-order valence-corrected chi connectivity index (χ0v) is 44.3. The molecule has 0 bridgehead atoms. The molecule has 4 saturated heterocycles. The predicted octanol–water partition coefficient (Wildman–Crippen LogP) is 5.66. The third-order valence-electron chi connectivity index (χ3n) is 13.3. The van der Waals surface area contributed by atoms with E-state index < -0.39 is 41.4 Å². The number of ether oxygens (including phenoxy) is 2. The second-order valence-electron chi connectivity index (χ2n) is 17.5. The second-order valence-corrected chi connectivity index (χ2v) is 23.1. The van der Waals surface area contributed by atoms with Gasteiger partial charge in [0.2, 0.25) is 31.9 Å². The highest BCUT2D eigenvalue weighted by molar-refractivity contribution is 7.99. The van der Waals surface area contributed by atoms with Gasteiger partial charge in [-0.1, -0.05) is 45.9 Å². The van der Waals surface area contributed by atoms with Gasteiger partial charge in [0.25, 0.3) is 0 Å². The van der Waals surface area contributed by atoms with Gasteiger partial charge in [-0.05, 0) is 106 Å². The molecule has 2 aromatic carbocycles. The van der Waals surface area contributed by atoms with Crippen LogP contribution in [-0.2, 0) is 34.4 Å². The molecule has 4 aliphatic heterocycles. The summed E-state index contributed by atoms with van der Waals surface area (Å²) in [6, 6.07) is 14.2. The Morgan fingerprint density at radius 2 is 1.35 bits per heavy atom. The number of likely N-dealkylation sites (tertiary alicyclic amines) is 1. The number of hydrogen-bond donors (Lipinski definition) is 3. The fraction of sp³-hybridized carbons (Fsp3) is 0.600. The standard InChI is InChI=1S/C30H46N4O4S.C18H27N3O5S2.C2H6/c1-6-9-21-38-28-12-11-27(23-25(28)5)32-15-10-16-34(20-19-32)39(36,37)30(29(31)35)13-17-33(18-14-30)26(8-3)22-24(4)7-2;19-17(23)18(5-12-26-13-6-18)28(24,25)21-9-7-20(8-10-21)15-1-3-16(4-2-15)27-14-11-22;1-2/h7-8,11-12,22-23H,2,6,9-10,13-21H2,1,3-5H3,(H2,31,35);1-4,22H,5-14H2,(H2,19,23);1-2H3/b24-22-,26-8+;;. The Morgan fingerprint density at radius 1 is 0.812 bits per heavy atom. The Kier molecular flexibility index (Phi) is 22.4. The van der Waals surface area contributed by atoms with E-state index in [1.54, 1.807) is 17.8 Å². The number of piperazine rings is 1. The lowest BCUT2D eigenvalue weighted by molar-refractivity contribution is -0.123. The molecule has 0 spiro atoms. The molecule has 0 unspecified atom stereocenters. The van der Waals surface area contributed by atoms with Crippen LogP contribution in [-0.4, -0.2) is 154 Å². The van der Waals surface area contributed by atoms with Gasteiger partial charge < -0.3 is 40.7 Å². The van der Waals surface area contributed by atoms with Crippen molar-refractivity contribution in [2.24, 2.45) is 11.5 Å². The predicted molar refractivity (Wildman–Crippen MR) is 280 cm³/mol. The minimum Gasteiger partial charge on any atom is -0.493 e. The van der Waals surface area contributed by atoms with E-state index in [0.717, 1.165) is 58.2 Å². The van der Waals surface area contributed by atoms with Crippen LogP contribution in [0.5, 0.6) is 5.75 Å². The number of aliphatic hydroxyl groups excluding tert-OH is 1. The summed E-state index contributed by atoms with van der Waals surface area (Å²) >= 11 is 1.59. The van der Waals surface area contributed by atoms with Crippen LogP contribution in [0, 0.1) is 6.92 Å². The fourth-order valence-electron chi connectivity index (χ4n) is 9.05. The van der Waals surface area contributed by atoms with Gasteiger partial charge in [0.15, 0.2) is 9.49 Å². The van der Waals surface area contributed by atoms with Crippen LogP contribution < -0.4 is 26.0 Å². The van der Waals surface area contributed by atoms with Gasteiger partial charge in [0.1, 0.15) is 5.75 Å². The normalized spacial score (nSPS) is 19.6. The number of aliphatic hydroxyl groups is 1. The van der Waals surface area contributed by atoms with Crippen LogP contribution in [0.4, 0.5) is 11.4 Å². The van der Waals surface area contributed by atoms with E-state index in [-0.39, 0.29) is 45.5 Å². The average Bonchev–Trinajstić information content (AvgIpc) is 3.64. The number of benzene rings is 2. The zero-order chi connectivity index (χ0) is 50.8. The van der Waals surface area contributed by atoms with E-state index in [0.29, 0.717) is 77.7 Å². The Morgan fingerprint density at radius 3 is 1.86 bits per heavy atom. The molecular formula is C50H79N7O9S3. The monoisotopic (exact) mass is 1020 g/mol. The number of hydrogen-bond acceptors (Lipinski definition) is 13. The largest absolute Gasteiger partial charge is 0.493 e. The molecule has 2 amide bonds. The Bertz CT molecular complexity index is 2270. The number of carbonyl (C=O) groups is 2. The molecule has 69 heavy (non-hydrogen) atoms. The van der Waals surface area contributed by atoms with E-state index >= 15 is 0 Å². The molecule has 0 saturated carbocycles. The van der Waals surface area contributed by atoms with E-state index in [1.807, 2.05) is 83.2 Å². The summed E-state index contributed by atoms with van der Waals surface area (Å²) < 4.78 is 65.4. The zero-order valence-electron chi connectivity index (χ0n) is 41.9. The number of nitrogens with zero attached hydrogens (tertiary/aromatic N) is 5. The van der Waals surface area contributed by atoms with Crippen molar-refractivity contribution in [3.63, 3.8) is 0 Å². The molecule has 19 heteroatoms. The number of rotatable bonds is 18. The third kappa shape index (κ3) is 13.9. The Balaban J connectivity index is 0.000000304. The SMILES string of the molecule is C=C/C(C)=C\C(=C/C)N1CCC(C(N)=O)(S(=O)(=O)N2CCCN(c3ccc(OCCCC)c(C)c3)CC2)CC1.CC.NC(=O)C1(S(=O)(=O)N2CCN(c3ccc(SCCO)cc3)CC2)CCOCC1. The van der Waals surface area contributed by atoms with Crippen molar-refractivity contribution in [1.29, 1.82) is 0 Å². The van der Waals surface area contributed by atoms with Crippen molar-refractivity contribution in [2.75, 3.05) is 107 Å². The van der Waals surface area contributed by atoms with Crippen LogP contribution >= 0.6 is 11.8 Å². The van der Waals surface area contributed by atoms with Gasteiger partial charge in [-0.2, -0.15) is 8.61 Å². The number of allylic oxidation sites excluding steroid dienone is 4. The first-order valence-corrected chi connectivity index (χ1v) is 28.3. The maximum absolute atomic E-state index is 14.0. The molecule has 4 fully saturated rings. The van der Waals surface area contributed by atoms with Crippen LogP contribution in [0.3, 0.4) is 0 Å². The first kappa shape index (κ1) is 57.5. The maximum Gasteiger partial charge on any atom is 0.240 e. The number of primary amides is 2. The summed E-state index contributed by atoms with van der Waals surface area (Å²) in [6.45, 7) is 21.8. The van der Waals surface area contributed by atoms with Crippen molar-refractivity contribution >= 4 is 55.0 Å². The third-order valence-corrected chi connectivity index (χ3v) is 19.6. The van der Waals surface area contributed by atoms with E-state index in [9.17, 15) is 26.4 Å². The van der Waals surface area contributed by atoms with Gasteiger partial charge in [0, 0.05) is 119 Å². The van der Waals surface area contributed by atoms with Crippen LogP contribution in [0.2, 0.25) is 0 Å². The number of anilines is 2. The minimum absolute atomic E-state index is 0.109.